The first-order valence-electron chi connectivity index (χ1n) is 6.74. The monoisotopic (exact) mass is 260 g/mol. The first-order valence-corrected chi connectivity index (χ1v) is 6.74. The molecule has 0 spiro atoms. The number of aryl methyl sites for hydroxylation is 1. The summed E-state index contributed by atoms with van der Waals surface area (Å²) in [6.07, 6.45) is 5.24. The van der Waals surface area contributed by atoms with Gasteiger partial charge in [0.15, 0.2) is 5.65 Å². The zero-order valence-electron chi connectivity index (χ0n) is 11.7. The number of aromatic nitrogens is 3. The van der Waals surface area contributed by atoms with Crippen LogP contribution in [0, 0.1) is 6.92 Å². The summed E-state index contributed by atoms with van der Waals surface area (Å²) in [4.78, 5) is 4.42. The number of rotatable bonds is 3. The Morgan fingerprint density at radius 3 is 3.16 bits per heavy atom. The van der Waals surface area contributed by atoms with Gasteiger partial charge in [-0.15, -0.1) is 0 Å². The van der Waals surface area contributed by atoms with Gasteiger partial charge in [0.2, 0.25) is 0 Å². The molecule has 2 aromatic rings. The van der Waals surface area contributed by atoms with E-state index in [4.69, 9.17) is 4.74 Å². The molecule has 0 saturated carbocycles. The third-order valence-corrected chi connectivity index (χ3v) is 4.07. The molecule has 1 aliphatic rings. The van der Waals surface area contributed by atoms with Crippen LogP contribution in [0.3, 0.4) is 0 Å². The fourth-order valence-corrected chi connectivity index (χ4v) is 2.50. The molecule has 2 atom stereocenters. The van der Waals surface area contributed by atoms with Crippen LogP contribution in [0.15, 0.2) is 18.5 Å². The Bertz CT molecular complexity index is 594. The van der Waals surface area contributed by atoms with E-state index >= 15 is 0 Å². The predicted octanol–water partition coefficient (Wildman–Crippen LogP) is 1.69. The van der Waals surface area contributed by atoms with Crippen LogP contribution in [0.25, 0.3) is 5.65 Å². The van der Waals surface area contributed by atoms with Gasteiger partial charge in [-0.3, -0.25) is 0 Å². The summed E-state index contributed by atoms with van der Waals surface area (Å²) >= 11 is 0. The Morgan fingerprint density at radius 2 is 2.42 bits per heavy atom. The van der Waals surface area contributed by atoms with Crippen molar-refractivity contribution in [2.24, 2.45) is 0 Å². The van der Waals surface area contributed by atoms with Gasteiger partial charge in [0.25, 0.3) is 0 Å². The highest BCUT2D eigenvalue weighted by Crippen LogP contribution is 2.25. The first-order chi connectivity index (χ1) is 9.07. The van der Waals surface area contributed by atoms with Crippen LogP contribution >= 0.6 is 0 Å². The zero-order chi connectivity index (χ0) is 13.5. The summed E-state index contributed by atoms with van der Waals surface area (Å²) in [6.45, 7) is 7.94. The molecule has 1 saturated heterocycles. The summed E-state index contributed by atoms with van der Waals surface area (Å²) in [5.41, 5.74) is 3.07. The molecule has 2 unspecified atom stereocenters. The predicted molar refractivity (Wildman–Crippen MR) is 73.0 cm³/mol. The lowest BCUT2D eigenvalue weighted by atomic mass is 9.94. The van der Waals surface area contributed by atoms with E-state index in [9.17, 15) is 0 Å². The lowest BCUT2D eigenvalue weighted by Gasteiger charge is -2.29. The van der Waals surface area contributed by atoms with E-state index in [1.54, 1.807) is 0 Å². The highest BCUT2D eigenvalue weighted by Gasteiger charge is 2.36. The Morgan fingerprint density at radius 1 is 1.58 bits per heavy atom. The van der Waals surface area contributed by atoms with E-state index in [1.165, 1.54) is 0 Å². The summed E-state index contributed by atoms with van der Waals surface area (Å²) in [5.74, 6) is 0. The molecule has 3 heterocycles. The first kappa shape index (κ1) is 12.6. The topological polar surface area (TPSA) is 51.5 Å². The summed E-state index contributed by atoms with van der Waals surface area (Å²) < 4.78 is 7.47. The molecule has 0 radical (unpaired) electrons. The van der Waals surface area contributed by atoms with Crippen molar-refractivity contribution >= 4 is 5.65 Å². The van der Waals surface area contributed by atoms with E-state index in [1.807, 2.05) is 29.9 Å². The van der Waals surface area contributed by atoms with Crippen LogP contribution in [0.4, 0.5) is 0 Å². The second-order valence-corrected chi connectivity index (χ2v) is 5.58. The highest BCUT2D eigenvalue weighted by molar-refractivity contribution is 5.38. The standard InChI is InChI=1S/C14H20N4O/c1-10-6-13-15-7-12(9-18(13)17-10)8-16-14(3)4-5-19-11(14)2/h6-7,9,11,16H,4-5,8H2,1-3H3. The van der Waals surface area contributed by atoms with Crippen LogP contribution < -0.4 is 5.32 Å². The molecule has 2 aromatic heterocycles. The smallest absolute Gasteiger partial charge is 0.155 e. The van der Waals surface area contributed by atoms with Crippen molar-refractivity contribution in [3.8, 4) is 0 Å². The number of ether oxygens (including phenoxy) is 1. The molecule has 5 heteroatoms. The van der Waals surface area contributed by atoms with Gasteiger partial charge in [-0.05, 0) is 27.2 Å². The third-order valence-electron chi connectivity index (χ3n) is 4.07. The average Bonchev–Trinajstić information content (AvgIpc) is 2.90. The van der Waals surface area contributed by atoms with Crippen molar-refractivity contribution < 1.29 is 4.74 Å². The molecular formula is C14H20N4O. The lowest BCUT2D eigenvalue weighted by Crippen LogP contribution is -2.47. The third kappa shape index (κ3) is 2.35. The molecule has 0 aliphatic carbocycles. The molecule has 102 valence electrons. The van der Waals surface area contributed by atoms with Gasteiger partial charge >= 0.3 is 0 Å². The largest absolute Gasteiger partial charge is 0.377 e. The van der Waals surface area contributed by atoms with Crippen molar-refractivity contribution in [1.82, 2.24) is 19.9 Å². The number of hydrogen-bond donors (Lipinski definition) is 1. The minimum absolute atomic E-state index is 0.0506. The van der Waals surface area contributed by atoms with Gasteiger partial charge in [0, 0.05) is 42.7 Å². The lowest BCUT2D eigenvalue weighted by molar-refractivity contribution is 0.0881. The van der Waals surface area contributed by atoms with Gasteiger partial charge in [-0.25, -0.2) is 9.50 Å². The molecule has 1 N–H and O–H groups in total. The van der Waals surface area contributed by atoms with Gasteiger partial charge in [-0.2, -0.15) is 5.10 Å². The Balaban J connectivity index is 1.74. The fourth-order valence-electron chi connectivity index (χ4n) is 2.50. The molecule has 3 rings (SSSR count). The maximum atomic E-state index is 5.63. The molecule has 0 amide bonds. The summed E-state index contributed by atoms with van der Waals surface area (Å²) in [6, 6.07) is 1.98. The van der Waals surface area contributed by atoms with Gasteiger partial charge < -0.3 is 10.1 Å². The van der Waals surface area contributed by atoms with Crippen molar-refractivity contribution in [3.63, 3.8) is 0 Å². The molecule has 1 fully saturated rings. The van der Waals surface area contributed by atoms with E-state index in [-0.39, 0.29) is 11.6 Å². The number of nitrogens with one attached hydrogen (secondary N) is 1. The van der Waals surface area contributed by atoms with E-state index in [0.29, 0.717) is 0 Å². The molecule has 0 aromatic carbocycles. The molecule has 5 nitrogen and oxygen atoms in total. The average molecular weight is 260 g/mol. The zero-order valence-corrected chi connectivity index (χ0v) is 11.7. The Labute approximate surface area is 113 Å². The van der Waals surface area contributed by atoms with Gasteiger partial charge in [0.05, 0.1) is 11.8 Å². The molecule has 0 bridgehead atoms. The van der Waals surface area contributed by atoms with Crippen LogP contribution in [-0.4, -0.2) is 32.8 Å². The number of fused-ring (bicyclic) bond motifs is 1. The van der Waals surface area contributed by atoms with E-state index < -0.39 is 0 Å². The van der Waals surface area contributed by atoms with Gasteiger partial charge in [-0.1, -0.05) is 0 Å². The molecule has 19 heavy (non-hydrogen) atoms. The minimum Gasteiger partial charge on any atom is -0.377 e. The van der Waals surface area contributed by atoms with Crippen LogP contribution in [0.2, 0.25) is 0 Å². The van der Waals surface area contributed by atoms with Crippen LogP contribution in [-0.2, 0) is 11.3 Å². The molecular weight excluding hydrogens is 240 g/mol. The second kappa shape index (κ2) is 4.58. The maximum Gasteiger partial charge on any atom is 0.155 e. The minimum atomic E-state index is 0.0506. The quantitative estimate of drug-likeness (QED) is 0.912. The number of nitrogens with zero attached hydrogens (tertiary/aromatic N) is 3. The second-order valence-electron chi connectivity index (χ2n) is 5.58. The van der Waals surface area contributed by atoms with Crippen molar-refractivity contribution in [1.29, 1.82) is 0 Å². The van der Waals surface area contributed by atoms with E-state index in [2.05, 4.69) is 29.2 Å². The summed E-state index contributed by atoms with van der Waals surface area (Å²) in [5, 5.41) is 7.98. The van der Waals surface area contributed by atoms with Crippen molar-refractivity contribution in [3.05, 3.63) is 29.7 Å². The Hall–Kier alpha value is -1.46. The SMILES string of the molecule is Cc1cc2ncc(CNC3(C)CCOC3C)cn2n1. The summed E-state index contributed by atoms with van der Waals surface area (Å²) in [7, 11) is 0. The Kier molecular flexibility index (Phi) is 3.03. The van der Waals surface area contributed by atoms with Crippen molar-refractivity contribution in [2.75, 3.05) is 6.61 Å². The molecule has 1 aliphatic heterocycles. The van der Waals surface area contributed by atoms with E-state index in [0.717, 1.165) is 36.5 Å². The fraction of sp³-hybridized carbons (Fsp3) is 0.571. The van der Waals surface area contributed by atoms with Gasteiger partial charge in [0.1, 0.15) is 0 Å². The van der Waals surface area contributed by atoms with Crippen LogP contribution in [0.5, 0.6) is 0 Å². The normalized spacial score (nSPS) is 27.2. The number of hydrogen-bond acceptors (Lipinski definition) is 4. The van der Waals surface area contributed by atoms with Crippen molar-refractivity contribution in [2.45, 2.75) is 45.4 Å². The van der Waals surface area contributed by atoms with Crippen LogP contribution in [0.1, 0.15) is 31.5 Å². The maximum absolute atomic E-state index is 5.63. The highest BCUT2D eigenvalue weighted by atomic mass is 16.5.